The topological polar surface area (TPSA) is 26.0 Å². The predicted molar refractivity (Wildman–Crippen MR) is 86.1 cm³/mol. The number of rotatable bonds is 2. The van der Waals surface area contributed by atoms with Crippen molar-refractivity contribution in [3.63, 3.8) is 0 Å². The zero-order valence-electron chi connectivity index (χ0n) is 10.4. The minimum absolute atomic E-state index is 0.172. The van der Waals surface area contributed by atoms with Gasteiger partial charge in [-0.3, -0.25) is 0 Å². The van der Waals surface area contributed by atoms with Crippen LogP contribution in [0.1, 0.15) is 28.3 Å². The molecular weight excluding hydrogens is 357 g/mol. The molecule has 0 aromatic heterocycles. The Balaban J connectivity index is 2.42. The molecular formula is C15H15ClIN. The van der Waals surface area contributed by atoms with Gasteiger partial charge in [-0.1, -0.05) is 29.8 Å². The highest BCUT2D eigenvalue weighted by atomic mass is 127. The first-order valence-corrected chi connectivity index (χ1v) is 7.22. The first-order chi connectivity index (χ1) is 8.49. The Kier molecular flexibility index (Phi) is 4.30. The zero-order valence-corrected chi connectivity index (χ0v) is 13.3. The summed E-state index contributed by atoms with van der Waals surface area (Å²) >= 11 is 8.58. The Labute approximate surface area is 126 Å². The Morgan fingerprint density at radius 1 is 1.06 bits per heavy atom. The highest BCUT2D eigenvalue weighted by Crippen LogP contribution is 2.29. The molecule has 0 aliphatic carbocycles. The maximum atomic E-state index is 6.30. The van der Waals surface area contributed by atoms with Crippen LogP contribution in [-0.4, -0.2) is 0 Å². The quantitative estimate of drug-likeness (QED) is 0.767. The lowest BCUT2D eigenvalue weighted by molar-refractivity contribution is 0.868. The Morgan fingerprint density at radius 2 is 1.61 bits per heavy atom. The van der Waals surface area contributed by atoms with Crippen LogP contribution in [0.25, 0.3) is 0 Å². The van der Waals surface area contributed by atoms with Gasteiger partial charge in [0.1, 0.15) is 0 Å². The minimum atomic E-state index is -0.172. The summed E-state index contributed by atoms with van der Waals surface area (Å²) in [5.74, 6) is 0. The molecule has 0 saturated heterocycles. The molecule has 0 heterocycles. The lowest BCUT2D eigenvalue weighted by atomic mass is 9.96. The molecule has 0 amide bonds. The van der Waals surface area contributed by atoms with Crippen molar-refractivity contribution in [2.45, 2.75) is 19.9 Å². The largest absolute Gasteiger partial charge is 0.320 e. The van der Waals surface area contributed by atoms with Gasteiger partial charge in [-0.05, 0) is 76.9 Å². The van der Waals surface area contributed by atoms with Gasteiger partial charge in [-0.25, -0.2) is 0 Å². The van der Waals surface area contributed by atoms with Gasteiger partial charge in [0.15, 0.2) is 0 Å². The maximum absolute atomic E-state index is 6.30. The van der Waals surface area contributed by atoms with Gasteiger partial charge in [-0.2, -0.15) is 0 Å². The van der Waals surface area contributed by atoms with E-state index in [-0.39, 0.29) is 6.04 Å². The van der Waals surface area contributed by atoms with E-state index < -0.39 is 0 Å². The predicted octanol–water partition coefficient (Wildman–Crippen LogP) is 4.61. The van der Waals surface area contributed by atoms with Crippen molar-refractivity contribution in [2.75, 3.05) is 0 Å². The molecule has 1 nitrogen and oxygen atoms in total. The molecule has 2 aromatic carbocycles. The van der Waals surface area contributed by atoms with Crippen molar-refractivity contribution >= 4 is 34.2 Å². The summed E-state index contributed by atoms with van der Waals surface area (Å²) in [5.41, 5.74) is 10.8. The zero-order chi connectivity index (χ0) is 13.3. The summed E-state index contributed by atoms with van der Waals surface area (Å²) in [6.45, 7) is 4.14. The molecule has 0 saturated carbocycles. The molecule has 0 fully saturated rings. The van der Waals surface area contributed by atoms with Crippen molar-refractivity contribution in [3.8, 4) is 0 Å². The van der Waals surface area contributed by atoms with Crippen LogP contribution in [0.3, 0.4) is 0 Å². The van der Waals surface area contributed by atoms with Gasteiger partial charge in [0.25, 0.3) is 0 Å². The van der Waals surface area contributed by atoms with Gasteiger partial charge in [0.05, 0.1) is 6.04 Å². The normalized spacial score (nSPS) is 12.5. The monoisotopic (exact) mass is 371 g/mol. The van der Waals surface area contributed by atoms with Crippen LogP contribution < -0.4 is 5.73 Å². The fraction of sp³-hybridized carbons (Fsp3) is 0.200. The van der Waals surface area contributed by atoms with Crippen molar-refractivity contribution in [3.05, 3.63) is 67.2 Å². The fourth-order valence-electron chi connectivity index (χ4n) is 1.89. The van der Waals surface area contributed by atoms with E-state index in [0.717, 1.165) is 16.1 Å². The summed E-state index contributed by atoms with van der Waals surface area (Å²) in [4.78, 5) is 0. The number of halogens is 2. The van der Waals surface area contributed by atoms with Crippen molar-refractivity contribution in [1.29, 1.82) is 0 Å². The van der Waals surface area contributed by atoms with E-state index in [1.807, 2.05) is 6.07 Å². The maximum Gasteiger partial charge on any atom is 0.0566 e. The number of aryl methyl sites for hydroxylation is 2. The first kappa shape index (κ1) is 13.8. The molecule has 0 radical (unpaired) electrons. The molecule has 3 heteroatoms. The van der Waals surface area contributed by atoms with E-state index >= 15 is 0 Å². The highest BCUT2D eigenvalue weighted by molar-refractivity contribution is 14.1. The van der Waals surface area contributed by atoms with E-state index in [9.17, 15) is 0 Å². The number of hydrogen-bond acceptors (Lipinski definition) is 1. The molecule has 2 rings (SSSR count). The highest BCUT2D eigenvalue weighted by Gasteiger charge is 2.13. The third-order valence-electron chi connectivity index (χ3n) is 3.18. The number of benzene rings is 2. The van der Waals surface area contributed by atoms with Gasteiger partial charge in [0.2, 0.25) is 0 Å². The second kappa shape index (κ2) is 5.59. The molecule has 1 atom stereocenters. The van der Waals surface area contributed by atoms with Crippen LogP contribution >= 0.6 is 34.2 Å². The average molecular weight is 372 g/mol. The first-order valence-electron chi connectivity index (χ1n) is 5.76. The van der Waals surface area contributed by atoms with Crippen LogP contribution in [0, 0.1) is 17.4 Å². The molecule has 0 spiro atoms. The number of nitrogens with two attached hydrogens (primary N) is 1. The van der Waals surface area contributed by atoms with Crippen LogP contribution in [0.5, 0.6) is 0 Å². The van der Waals surface area contributed by atoms with E-state index in [1.54, 1.807) is 0 Å². The molecule has 0 aliphatic heterocycles. The van der Waals surface area contributed by atoms with E-state index in [4.69, 9.17) is 17.3 Å². The lowest BCUT2D eigenvalue weighted by Gasteiger charge is -2.16. The molecule has 0 bridgehead atoms. The molecule has 94 valence electrons. The van der Waals surface area contributed by atoms with Crippen LogP contribution in [0.4, 0.5) is 0 Å². The van der Waals surface area contributed by atoms with Crippen molar-refractivity contribution in [1.82, 2.24) is 0 Å². The van der Waals surface area contributed by atoms with E-state index in [0.29, 0.717) is 0 Å². The van der Waals surface area contributed by atoms with E-state index in [1.165, 1.54) is 14.7 Å². The molecule has 2 aromatic rings. The van der Waals surface area contributed by atoms with Gasteiger partial charge in [0, 0.05) is 8.59 Å². The van der Waals surface area contributed by atoms with Gasteiger partial charge in [-0.15, -0.1) is 0 Å². The SMILES string of the molecule is Cc1cc(Cl)c(C(N)c2ccc(I)cc2)cc1C. The molecule has 18 heavy (non-hydrogen) atoms. The van der Waals surface area contributed by atoms with E-state index in [2.05, 4.69) is 66.8 Å². The Hall–Kier alpha value is -0.580. The second-order valence-electron chi connectivity index (χ2n) is 4.49. The molecule has 2 N–H and O–H groups in total. The smallest absolute Gasteiger partial charge is 0.0566 e. The van der Waals surface area contributed by atoms with Crippen LogP contribution in [0.15, 0.2) is 36.4 Å². The Morgan fingerprint density at radius 3 is 2.22 bits per heavy atom. The van der Waals surface area contributed by atoms with Gasteiger partial charge >= 0.3 is 0 Å². The number of hydrogen-bond donors (Lipinski definition) is 1. The van der Waals surface area contributed by atoms with Crippen molar-refractivity contribution in [2.24, 2.45) is 5.73 Å². The summed E-state index contributed by atoms with van der Waals surface area (Å²) in [5, 5.41) is 0.740. The average Bonchev–Trinajstić information content (AvgIpc) is 2.34. The van der Waals surface area contributed by atoms with Crippen LogP contribution in [0.2, 0.25) is 5.02 Å². The van der Waals surface area contributed by atoms with Gasteiger partial charge < -0.3 is 5.73 Å². The molecule has 1 unspecified atom stereocenters. The summed E-state index contributed by atoms with van der Waals surface area (Å²) in [6.07, 6.45) is 0. The van der Waals surface area contributed by atoms with Crippen molar-refractivity contribution < 1.29 is 0 Å². The fourth-order valence-corrected chi connectivity index (χ4v) is 2.59. The van der Waals surface area contributed by atoms with Crippen LogP contribution in [-0.2, 0) is 0 Å². The lowest BCUT2D eigenvalue weighted by Crippen LogP contribution is -2.12. The Bertz CT molecular complexity index is 563. The summed E-state index contributed by atoms with van der Waals surface area (Å²) < 4.78 is 1.20. The third kappa shape index (κ3) is 2.87. The molecule has 0 aliphatic rings. The third-order valence-corrected chi connectivity index (χ3v) is 4.22. The standard InChI is InChI=1S/C15H15ClIN/c1-9-7-13(14(16)8-10(9)2)15(18)11-3-5-12(17)6-4-11/h3-8,15H,18H2,1-2H3. The minimum Gasteiger partial charge on any atom is -0.320 e. The summed E-state index contributed by atoms with van der Waals surface area (Å²) in [6, 6.07) is 12.1. The second-order valence-corrected chi connectivity index (χ2v) is 6.14. The summed E-state index contributed by atoms with van der Waals surface area (Å²) in [7, 11) is 0.